The minimum atomic E-state index is -1.11. The summed E-state index contributed by atoms with van der Waals surface area (Å²) < 4.78 is 19.5. The summed E-state index contributed by atoms with van der Waals surface area (Å²) in [7, 11) is 0. The maximum atomic E-state index is 12.9. The van der Waals surface area contributed by atoms with E-state index >= 15 is 0 Å². The van der Waals surface area contributed by atoms with Crippen LogP contribution in [-0.4, -0.2) is 39.1 Å². The number of hydrogen-bond donors (Lipinski definition) is 0. The average molecular weight is 454 g/mol. The molecule has 8 heteroatoms. The first kappa shape index (κ1) is 24.1. The van der Waals surface area contributed by atoms with Crippen LogP contribution in [0.5, 0.6) is 11.5 Å². The summed E-state index contributed by atoms with van der Waals surface area (Å²) >= 11 is 0. The third kappa shape index (κ3) is 5.45. The molecule has 0 aliphatic carbocycles. The highest BCUT2D eigenvalue weighted by Crippen LogP contribution is 2.29. The summed E-state index contributed by atoms with van der Waals surface area (Å²) in [5.74, 6) is 0.962. The van der Waals surface area contributed by atoms with Gasteiger partial charge in [0.15, 0.2) is 5.60 Å². The van der Waals surface area contributed by atoms with E-state index < -0.39 is 11.6 Å². The van der Waals surface area contributed by atoms with Gasteiger partial charge in [-0.2, -0.15) is 5.10 Å². The van der Waals surface area contributed by atoms with Crippen LogP contribution in [0.1, 0.15) is 44.4 Å². The number of carbonyl (C=O) groups excluding carboxylic acids is 1. The molecule has 0 unspecified atom stereocenters. The molecule has 1 heterocycles. The smallest absolute Gasteiger partial charge is 0.350 e. The first-order valence-electron chi connectivity index (χ1n) is 11.0. The van der Waals surface area contributed by atoms with E-state index in [1.807, 2.05) is 57.2 Å². The Morgan fingerprint density at radius 3 is 2.24 bits per heavy atom. The third-order valence-corrected chi connectivity index (χ3v) is 5.14. The average Bonchev–Trinajstić information content (AvgIpc) is 3.12. The number of hydrogen-bond acceptors (Lipinski definition) is 6. The molecule has 3 aromatic rings. The number of carbonyl (C=O) groups is 1. The number of benzene rings is 2. The van der Waals surface area contributed by atoms with E-state index in [2.05, 4.69) is 5.10 Å². The third-order valence-electron chi connectivity index (χ3n) is 5.14. The molecule has 0 N–H and O–H groups in total. The zero-order valence-electron chi connectivity index (χ0n) is 20.0. The van der Waals surface area contributed by atoms with Crippen molar-refractivity contribution in [3.8, 4) is 17.2 Å². The predicted octanol–water partition coefficient (Wildman–Crippen LogP) is 3.82. The lowest BCUT2D eigenvalue weighted by molar-refractivity contribution is -0.158. The van der Waals surface area contributed by atoms with E-state index in [1.165, 1.54) is 15.6 Å². The van der Waals surface area contributed by atoms with Crippen LogP contribution >= 0.6 is 0 Å². The molecule has 33 heavy (non-hydrogen) atoms. The lowest BCUT2D eigenvalue weighted by Gasteiger charge is -2.26. The van der Waals surface area contributed by atoms with Crippen molar-refractivity contribution in [2.45, 2.75) is 53.7 Å². The molecule has 0 atom stereocenters. The highest BCUT2D eigenvalue weighted by atomic mass is 16.6. The maximum absolute atomic E-state index is 12.9. The summed E-state index contributed by atoms with van der Waals surface area (Å²) in [6.07, 6.45) is 1.51. The Kier molecular flexibility index (Phi) is 7.26. The molecule has 0 saturated heterocycles. The molecule has 0 amide bonds. The second-order valence-electron chi connectivity index (χ2n) is 8.26. The van der Waals surface area contributed by atoms with E-state index in [1.54, 1.807) is 20.8 Å². The van der Waals surface area contributed by atoms with Crippen molar-refractivity contribution in [3.63, 3.8) is 0 Å². The first-order valence-corrected chi connectivity index (χ1v) is 11.0. The van der Waals surface area contributed by atoms with Gasteiger partial charge in [-0.1, -0.05) is 12.1 Å². The van der Waals surface area contributed by atoms with Gasteiger partial charge in [-0.05, 0) is 82.5 Å². The van der Waals surface area contributed by atoms with E-state index in [-0.39, 0.29) is 5.69 Å². The van der Waals surface area contributed by atoms with Crippen molar-refractivity contribution in [3.05, 3.63) is 69.9 Å². The number of aryl methyl sites for hydroxylation is 2. The van der Waals surface area contributed by atoms with Crippen LogP contribution in [0.2, 0.25) is 0 Å². The van der Waals surface area contributed by atoms with Gasteiger partial charge in [-0.25, -0.2) is 18.8 Å². The molecule has 1 aromatic heterocycles. The SMILES string of the molecule is CCOC(=O)C(C)(C)Oc1c(C)cc(Cn2ncn(-c3ccc(OCC)cc3)c2=O)cc1C. The topological polar surface area (TPSA) is 84.6 Å². The molecule has 0 aliphatic rings. The largest absolute Gasteiger partial charge is 0.494 e. The monoisotopic (exact) mass is 453 g/mol. The fourth-order valence-electron chi connectivity index (χ4n) is 3.56. The summed E-state index contributed by atoms with van der Waals surface area (Å²) in [5, 5.41) is 4.27. The number of nitrogens with zero attached hydrogens (tertiary/aromatic N) is 3. The van der Waals surface area contributed by atoms with Crippen molar-refractivity contribution in [1.82, 2.24) is 14.3 Å². The summed E-state index contributed by atoms with van der Waals surface area (Å²) in [5.41, 5.74) is 2.00. The van der Waals surface area contributed by atoms with Crippen LogP contribution in [0.4, 0.5) is 0 Å². The van der Waals surface area contributed by atoms with Gasteiger partial charge in [0.2, 0.25) is 0 Å². The van der Waals surface area contributed by atoms with Gasteiger partial charge >= 0.3 is 11.7 Å². The second kappa shape index (κ2) is 9.94. The normalized spacial score (nSPS) is 11.3. The van der Waals surface area contributed by atoms with Gasteiger partial charge in [-0.3, -0.25) is 0 Å². The Balaban J connectivity index is 1.81. The zero-order valence-corrected chi connectivity index (χ0v) is 20.0. The van der Waals surface area contributed by atoms with Gasteiger partial charge in [0, 0.05) is 0 Å². The van der Waals surface area contributed by atoms with E-state index in [0.29, 0.717) is 31.2 Å². The molecule has 0 bridgehead atoms. The number of rotatable bonds is 9. The molecule has 0 spiro atoms. The van der Waals surface area contributed by atoms with Crippen LogP contribution in [0.25, 0.3) is 5.69 Å². The standard InChI is InChI=1S/C25H31N3O5/c1-7-31-21-11-9-20(10-12-21)27-16-26-28(24(27)30)15-19-13-17(3)22(18(4)14-19)33-25(5,6)23(29)32-8-2/h9-14,16H,7-8,15H2,1-6H3. The molecule has 0 fully saturated rings. The fourth-order valence-corrected chi connectivity index (χ4v) is 3.56. The molecule has 0 radical (unpaired) electrons. The van der Waals surface area contributed by atoms with Gasteiger partial charge < -0.3 is 14.2 Å². The fraction of sp³-hybridized carbons (Fsp3) is 0.400. The summed E-state index contributed by atoms with van der Waals surface area (Å²) in [6.45, 7) is 12.1. The lowest BCUT2D eigenvalue weighted by Crippen LogP contribution is -2.40. The van der Waals surface area contributed by atoms with Crippen molar-refractivity contribution >= 4 is 5.97 Å². The Morgan fingerprint density at radius 1 is 1.03 bits per heavy atom. The van der Waals surface area contributed by atoms with Crippen molar-refractivity contribution < 1.29 is 19.0 Å². The van der Waals surface area contributed by atoms with Crippen LogP contribution < -0.4 is 15.2 Å². The van der Waals surface area contributed by atoms with E-state index in [0.717, 1.165) is 22.4 Å². The van der Waals surface area contributed by atoms with Gasteiger partial charge in [0.25, 0.3) is 0 Å². The minimum Gasteiger partial charge on any atom is -0.494 e. The van der Waals surface area contributed by atoms with E-state index in [4.69, 9.17) is 14.2 Å². The quantitative estimate of drug-likeness (QED) is 0.458. The molecule has 176 valence electrons. The molecular weight excluding hydrogens is 422 g/mol. The van der Waals surface area contributed by atoms with Crippen molar-refractivity contribution in [1.29, 1.82) is 0 Å². The number of aromatic nitrogens is 3. The Labute approximate surface area is 193 Å². The van der Waals surface area contributed by atoms with Crippen LogP contribution in [0.15, 0.2) is 47.5 Å². The van der Waals surface area contributed by atoms with Gasteiger partial charge in [0.1, 0.15) is 17.8 Å². The van der Waals surface area contributed by atoms with E-state index in [9.17, 15) is 9.59 Å². The minimum absolute atomic E-state index is 0.238. The summed E-state index contributed by atoms with van der Waals surface area (Å²) in [4.78, 5) is 25.1. The van der Waals surface area contributed by atoms with Crippen molar-refractivity contribution in [2.24, 2.45) is 0 Å². The van der Waals surface area contributed by atoms with Crippen LogP contribution in [-0.2, 0) is 16.1 Å². The van der Waals surface area contributed by atoms with Crippen LogP contribution in [0, 0.1) is 13.8 Å². The number of ether oxygens (including phenoxy) is 3. The predicted molar refractivity (Wildman–Crippen MR) is 125 cm³/mol. The first-order chi connectivity index (χ1) is 15.7. The Bertz CT molecular complexity index is 1150. The molecule has 3 rings (SSSR count). The summed E-state index contributed by atoms with van der Waals surface area (Å²) in [6, 6.07) is 11.2. The molecule has 8 nitrogen and oxygen atoms in total. The van der Waals surface area contributed by atoms with Crippen LogP contribution in [0.3, 0.4) is 0 Å². The number of esters is 1. The molecule has 0 aliphatic heterocycles. The van der Waals surface area contributed by atoms with Crippen molar-refractivity contribution in [2.75, 3.05) is 13.2 Å². The maximum Gasteiger partial charge on any atom is 0.350 e. The molecule has 0 saturated carbocycles. The van der Waals surface area contributed by atoms with Gasteiger partial charge in [-0.15, -0.1) is 0 Å². The molecular formula is C25H31N3O5. The zero-order chi connectivity index (χ0) is 24.2. The van der Waals surface area contributed by atoms with Gasteiger partial charge in [0.05, 0.1) is 25.4 Å². The second-order valence-corrected chi connectivity index (χ2v) is 8.26. The molecule has 2 aromatic carbocycles. The Morgan fingerprint density at radius 2 is 1.67 bits per heavy atom. The highest BCUT2D eigenvalue weighted by Gasteiger charge is 2.32. The Hall–Kier alpha value is -3.55. The highest BCUT2D eigenvalue weighted by molar-refractivity contribution is 5.79. The lowest BCUT2D eigenvalue weighted by atomic mass is 10.0.